The minimum absolute atomic E-state index is 0.0329. The summed E-state index contributed by atoms with van der Waals surface area (Å²) >= 11 is 0. The molecule has 2 heterocycles. The molecule has 2 rings (SSSR count). The topological polar surface area (TPSA) is 56.7 Å². The lowest BCUT2D eigenvalue weighted by Gasteiger charge is -2.15. The summed E-state index contributed by atoms with van der Waals surface area (Å²) in [6, 6.07) is 6.18. The maximum absolute atomic E-state index is 6.33. The van der Waals surface area contributed by atoms with Gasteiger partial charge in [-0.25, -0.2) is 0 Å². The number of hydrogen-bond acceptors (Lipinski definition) is 3. The van der Waals surface area contributed by atoms with Gasteiger partial charge in [-0.15, -0.1) is 0 Å². The van der Waals surface area contributed by atoms with Crippen LogP contribution in [0.1, 0.15) is 41.3 Å². The summed E-state index contributed by atoms with van der Waals surface area (Å²) in [5.41, 5.74) is 11.7. The molecule has 0 aliphatic heterocycles. The van der Waals surface area contributed by atoms with Crippen molar-refractivity contribution in [2.24, 2.45) is 5.73 Å². The number of nitrogens with two attached hydrogens (primary N) is 1. The van der Waals surface area contributed by atoms with E-state index in [4.69, 9.17) is 5.73 Å². The molecule has 4 nitrogen and oxygen atoms in total. The van der Waals surface area contributed by atoms with Gasteiger partial charge in [-0.1, -0.05) is 6.07 Å². The predicted octanol–water partition coefficient (Wildman–Crippen LogP) is 2.47. The quantitative estimate of drug-likeness (QED) is 0.916. The van der Waals surface area contributed by atoms with Gasteiger partial charge in [0, 0.05) is 36.1 Å². The first-order chi connectivity index (χ1) is 9.01. The fourth-order valence-electron chi connectivity index (χ4n) is 2.46. The van der Waals surface area contributed by atoms with Gasteiger partial charge in [0.25, 0.3) is 0 Å². The summed E-state index contributed by atoms with van der Waals surface area (Å²) in [4.78, 5) is 4.48. The van der Waals surface area contributed by atoms with E-state index in [9.17, 15) is 0 Å². The third-order valence-electron chi connectivity index (χ3n) is 3.38. The van der Waals surface area contributed by atoms with E-state index in [2.05, 4.69) is 29.1 Å². The van der Waals surface area contributed by atoms with E-state index in [1.54, 1.807) is 0 Å². The second kappa shape index (κ2) is 5.53. The number of pyridine rings is 1. The summed E-state index contributed by atoms with van der Waals surface area (Å²) in [7, 11) is 0. The molecule has 2 aromatic rings. The van der Waals surface area contributed by atoms with E-state index in [1.807, 2.05) is 31.5 Å². The number of aryl methyl sites for hydroxylation is 4. The molecule has 4 heteroatoms. The Morgan fingerprint density at radius 3 is 2.58 bits per heavy atom. The molecule has 0 aliphatic carbocycles. The average Bonchev–Trinajstić information content (AvgIpc) is 2.69. The molecular weight excluding hydrogens is 236 g/mol. The first kappa shape index (κ1) is 13.7. The van der Waals surface area contributed by atoms with Crippen molar-refractivity contribution in [3.8, 4) is 0 Å². The van der Waals surface area contributed by atoms with Gasteiger partial charge in [0.1, 0.15) is 0 Å². The molecule has 0 aromatic carbocycles. The molecule has 1 unspecified atom stereocenters. The van der Waals surface area contributed by atoms with Crippen LogP contribution in [0.15, 0.2) is 18.2 Å². The largest absolute Gasteiger partial charge is 0.324 e. The van der Waals surface area contributed by atoms with Crippen molar-refractivity contribution in [2.75, 3.05) is 0 Å². The molecule has 102 valence electrons. The van der Waals surface area contributed by atoms with Gasteiger partial charge >= 0.3 is 0 Å². The van der Waals surface area contributed by atoms with Crippen molar-refractivity contribution >= 4 is 0 Å². The van der Waals surface area contributed by atoms with Crippen LogP contribution >= 0.6 is 0 Å². The first-order valence-corrected chi connectivity index (χ1v) is 6.74. The molecule has 2 aromatic heterocycles. The van der Waals surface area contributed by atoms with Gasteiger partial charge < -0.3 is 5.73 Å². The molecule has 0 aliphatic rings. The van der Waals surface area contributed by atoms with Crippen LogP contribution in [0.3, 0.4) is 0 Å². The monoisotopic (exact) mass is 258 g/mol. The van der Waals surface area contributed by atoms with Gasteiger partial charge in [-0.3, -0.25) is 9.67 Å². The predicted molar refractivity (Wildman–Crippen MR) is 77.0 cm³/mol. The van der Waals surface area contributed by atoms with E-state index in [0.717, 1.165) is 35.6 Å². The first-order valence-electron chi connectivity index (χ1n) is 6.74. The van der Waals surface area contributed by atoms with Crippen LogP contribution in [-0.4, -0.2) is 14.8 Å². The Morgan fingerprint density at radius 2 is 1.95 bits per heavy atom. The summed E-state index contributed by atoms with van der Waals surface area (Å²) in [5.74, 6) is 0. The van der Waals surface area contributed by atoms with Crippen LogP contribution in [0.4, 0.5) is 0 Å². The van der Waals surface area contributed by atoms with Crippen molar-refractivity contribution in [2.45, 2.75) is 46.7 Å². The maximum atomic E-state index is 6.33. The fourth-order valence-corrected chi connectivity index (χ4v) is 2.46. The zero-order valence-electron chi connectivity index (χ0n) is 12.1. The summed E-state index contributed by atoms with van der Waals surface area (Å²) in [6.07, 6.45) is 0.792. The van der Waals surface area contributed by atoms with Crippen LogP contribution in [0.25, 0.3) is 0 Å². The lowest BCUT2D eigenvalue weighted by atomic mass is 10.0. The van der Waals surface area contributed by atoms with Gasteiger partial charge in [0.2, 0.25) is 0 Å². The Kier molecular flexibility index (Phi) is 4.00. The second-order valence-electron chi connectivity index (χ2n) is 5.03. The highest BCUT2D eigenvalue weighted by molar-refractivity contribution is 5.26. The van der Waals surface area contributed by atoms with Crippen molar-refractivity contribution in [1.82, 2.24) is 14.8 Å². The third-order valence-corrected chi connectivity index (χ3v) is 3.38. The van der Waals surface area contributed by atoms with E-state index in [-0.39, 0.29) is 6.04 Å². The molecule has 1 atom stereocenters. The average molecular weight is 258 g/mol. The van der Waals surface area contributed by atoms with Gasteiger partial charge in [0.15, 0.2) is 0 Å². The smallest absolute Gasteiger partial charge is 0.0596 e. The zero-order valence-corrected chi connectivity index (χ0v) is 12.1. The van der Waals surface area contributed by atoms with Crippen molar-refractivity contribution < 1.29 is 0 Å². The number of nitrogens with zero attached hydrogens (tertiary/aromatic N) is 3. The van der Waals surface area contributed by atoms with Crippen molar-refractivity contribution in [1.29, 1.82) is 0 Å². The molecule has 19 heavy (non-hydrogen) atoms. The number of aromatic nitrogens is 3. The maximum Gasteiger partial charge on any atom is 0.0596 e. The Balaban J connectivity index is 2.22. The number of hydrogen-bond donors (Lipinski definition) is 1. The van der Waals surface area contributed by atoms with Crippen LogP contribution < -0.4 is 5.73 Å². The fraction of sp³-hybridized carbons (Fsp3) is 0.467. The molecule has 0 amide bonds. The highest BCUT2D eigenvalue weighted by Gasteiger charge is 2.14. The molecule has 0 spiro atoms. The van der Waals surface area contributed by atoms with E-state index in [0.29, 0.717) is 0 Å². The minimum Gasteiger partial charge on any atom is -0.324 e. The highest BCUT2D eigenvalue weighted by atomic mass is 15.3. The third kappa shape index (κ3) is 3.01. The molecule has 2 N–H and O–H groups in total. The SMILES string of the molecule is CCn1nc(C)cc1CC(N)c1ccc(C)nc1C. The number of rotatable bonds is 4. The Labute approximate surface area is 114 Å². The molecule has 0 bridgehead atoms. The Hall–Kier alpha value is -1.68. The Bertz CT molecular complexity index is 572. The van der Waals surface area contributed by atoms with Crippen LogP contribution in [0.2, 0.25) is 0 Å². The minimum atomic E-state index is -0.0329. The summed E-state index contributed by atoms with van der Waals surface area (Å²) < 4.78 is 2.02. The van der Waals surface area contributed by atoms with Gasteiger partial charge in [-0.2, -0.15) is 5.10 Å². The van der Waals surface area contributed by atoms with Crippen LogP contribution in [-0.2, 0) is 13.0 Å². The van der Waals surface area contributed by atoms with E-state index in [1.165, 1.54) is 5.69 Å². The van der Waals surface area contributed by atoms with Gasteiger partial charge in [-0.05, 0) is 45.4 Å². The highest BCUT2D eigenvalue weighted by Crippen LogP contribution is 2.19. The summed E-state index contributed by atoms with van der Waals surface area (Å²) in [5, 5.41) is 4.46. The lowest BCUT2D eigenvalue weighted by molar-refractivity contribution is 0.585. The standard InChI is InChI=1S/C15H22N4/c1-5-19-13(8-11(3)18-19)9-15(16)14-7-6-10(2)17-12(14)4/h6-8,15H,5,9,16H2,1-4H3. The molecular formula is C15H22N4. The van der Waals surface area contributed by atoms with Crippen LogP contribution in [0.5, 0.6) is 0 Å². The normalized spacial score (nSPS) is 12.7. The van der Waals surface area contributed by atoms with Crippen molar-refractivity contribution in [3.05, 3.63) is 46.5 Å². The second-order valence-corrected chi connectivity index (χ2v) is 5.03. The lowest BCUT2D eigenvalue weighted by Crippen LogP contribution is -2.17. The molecule has 0 saturated heterocycles. The van der Waals surface area contributed by atoms with Gasteiger partial charge in [0.05, 0.1) is 5.69 Å². The molecule has 0 fully saturated rings. The molecule has 0 saturated carbocycles. The van der Waals surface area contributed by atoms with Crippen LogP contribution in [0, 0.1) is 20.8 Å². The molecule has 0 radical (unpaired) electrons. The zero-order chi connectivity index (χ0) is 14.0. The summed E-state index contributed by atoms with van der Waals surface area (Å²) in [6.45, 7) is 9.00. The van der Waals surface area contributed by atoms with E-state index < -0.39 is 0 Å². The Morgan fingerprint density at radius 1 is 1.21 bits per heavy atom. The van der Waals surface area contributed by atoms with E-state index >= 15 is 0 Å². The van der Waals surface area contributed by atoms with Crippen molar-refractivity contribution in [3.63, 3.8) is 0 Å².